The molecule has 1 aromatic rings. The Morgan fingerprint density at radius 2 is 2.22 bits per heavy atom. The van der Waals surface area contributed by atoms with Crippen molar-refractivity contribution in [1.82, 2.24) is 0 Å². The van der Waals surface area contributed by atoms with Crippen LogP contribution in [0.1, 0.15) is 31.7 Å². The molecule has 0 heterocycles. The first-order valence-corrected chi connectivity index (χ1v) is 7.66. The van der Waals surface area contributed by atoms with Gasteiger partial charge in [0.05, 0.1) is 5.69 Å². The summed E-state index contributed by atoms with van der Waals surface area (Å²) < 4.78 is 1.09. The first kappa shape index (κ1) is 13.8. The quantitative estimate of drug-likeness (QED) is 0.808. The second-order valence-corrected chi connectivity index (χ2v) is 6.21. The Hall–Kier alpha value is -0.610. The molecule has 18 heavy (non-hydrogen) atoms. The molecular weight excluding hydrogens is 308 g/mol. The smallest absolute Gasteiger partial charge is 0.104 e. The van der Waals surface area contributed by atoms with Gasteiger partial charge in [-0.3, -0.25) is 0 Å². The lowest BCUT2D eigenvalue weighted by molar-refractivity contribution is 0.707. The van der Waals surface area contributed by atoms with Crippen LogP contribution in [-0.4, -0.2) is 18.1 Å². The molecule has 1 fully saturated rings. The van der Waals surface area contributed by atoms with Gasteiger partial charge < -0.3 is 10.6 Å². The maximum atomic E-state index is 5.66. The van der Waals surface area contributed by atoms with Crippen molar-refractivity contribution in [2.45, 2.75) is 26.2 Å². The first-order valence-electron chi connectivity index (χ1n) is 6.46. The highest BCUT2D eigenvalue weighted by Crippen LogP contribution is 2.34. The van der Waals surface area contributed by atoms with Gasteiger partial charge in [0.15, 0.2) is 0 Å². The molecule has 0 bridgehead atoms. The molecule has 0 saturated heterocycles. The van der Waals surface area contributed by atoms with E-state index in [4.69, 9.17) is 18.0 Å². The van der Waals surface area contributed by atoms with Crippen LogP contribution in [0, 0.1) is 5.92 Å². The van der Waals surface area contributed by atoms with E-state index >= 15 is 0 Å². The van der Waals surface area contributed by atoms with Crippen molar-refractivity contribution in [3.05, 3.63) is 28.2 Å². The van der Waals surface area contributed by atoms with Gasteiger partial charge in [-0.05, 0) is 59.3 Å². The lowest BCUT2D eigenvalue weighted by atomic mass is 10.2. The number of hydrogen-bond donors (Lipinski definition) is 1. The maximum absolute atomic E-state index is 5.66. The molecule has 0 radical (unpaired) electrons. The lowest BCUT2D eigenvalue weighted by Gasteiger charge is -2.25. The Morgan fingerprint density at radius 1 is 1.50 bits per heavy atom. The molecule has 2 nitrogen and oxygen atoms in total. The number of benzene rings is 1. The van der Waals surface area contributed by atoms with Crippen molar-refractivity contribution in [3.63, 3.8) is 0 Å². The number of hydrogen-bond acceptors (Lipinski definition) is 2. The van der Waals surface area contributed by atoms with Crippen LogP contribution in [0.4, 0.5) is 5.69 Å². The highest BCUT2D eigenvalue weighted by Gasteiger charge is 2.24. The molecule has 0 amide bonds. The van der Waals surface area contributed by atoms with Gasteiger partial charge >= 0.3 is 0 Å². The van der Waals surface area contributed by atoms with E-state index in [-0.39, 0.29) is 0 Å². The summed E-state index contributed by atoms with van der Waals surface area (Å²) in [6, 6.07) is 6.15. The second-order valence-electron chi connectivity index (χ2n) is 4.92. The summed E-state index contributed by atoms with van der Waals surface area (Å²) in [5, 5.41) is 0. The lowest BCUT2D eigenvalue weighted by Crippen LogP contribution is -2.27. The zero-order valence-electron chi connectivity index (χ0n) is 10.7. The average molecular weight is 327 g/mol. The van der Waals surface area contributed by atoms with E-state index in [9.17, 15) is 0 Å². The van der Waals surface area contributed by atoms with Gasteiger partial charge in [0, 0.05) is 23.1 Å². The molecule has 1 saturated carbocycles. The fraction of sp³-hybridized carbons (Fsp3) is 0.500. The predicted molar refractivity (Wildman–Crippen MR) is 85.3 cm³/mol. The van der Waals surface area contributed by atoms with Crippen molar-refractivity contribution < 1.29 is 0 Å². The normalized spacial score (nSPS) is 14.6. The second kappa shape index (κ2) is 6.02. The SMILES string of the molecule is CCCN(CC1CC1)c1ccc(C(N)=S)cc1Br. The monoisotopic (exact) mass is 326 g/mol. The zero-order chi connectivity index (χ0) is 13.1. The Balaban J connectivity index is 2.20. The molecule has 1 aliphatic rings. The van der Waals surface area contributed by atoms with Gasteiger partial charge in [0.1, 0.15) is 4.99 Å². The maximum Gasteiger partial charge on any atom is 0.104 e. The summed E-state index contributed by atoms with van der Waals surface area (Å²) >= 11 is 8.64. The average Bonchev–Trinajstić information content (AvgIpc) is 3.12. The van der Waals surface area contributed by atoms with Crippen LogP contribution in [0.2, 0.25) is 0 Å². The van der Waals surface area contributed by atoms with Gasteiger partial charge in [-0.15, -0.1) is 0 Å². The highest BCUT2D eigenvalue weighted by atomic mass is 79.9. The predicted octanol–water partition coefficient (Wildman–Crippen LogP) is 3.71. The van der Waals surface area contributed by atoms with Gasteiger partial charge in [0.25, 0.3) is 0 Å². The van der Waals surface area contributed by atoms with Crippen LogP contribution in [-0.2, 0) is 0 Å². The highest BCUT2D eigenvalue weighted by molar-refractivity contribution is 9.10. The van der Waals surface area contributed by atoms with E-state index in [0.717, 1.165) is 28.9 Å². The summed E-state index contributed by atoms with van der Waals surface area (Å²) in [5.74, 6) is 0.888. The number of anilines is 1. The van der Waals surface area contributed by atoms with E-state index in [1.807, 2.05) is 12.1 Å². The molecule has 0 unspecified atom stereocenters. The summed E-state index contributed by atoms with van der Waals surface area (Å²) in [6.45, 7) is 4.48. The van der Waals surface area contributed by atoms with Crippen LogP contribution in [0.15, 0.2) is 22.7 Å². The summed E-state index contributed by atoms with van der Waals surface area (Å²) in [5.41, 5.74) is 7.83. The number of thiocarbonyl (C=S) groups is 1. The minimum atomic E-state index is 0.450. The van der Waals surface area contributed by atoms with Crippen LogP contribution < -0.4 is 10.6 Å². The Bertz CT molecular complexity index is 443. The van der Waals surface area contributed by atoms with Crippen LogP contribution in [0.3, 0.4) is 0 Å². The largest absolute Gasteiger partial charge is 0.389 e. The molecular formula is C14H19BrN2S. The van der Waals surface area contributed by atoms with E-state index in [1.54, 1.807) is 0 Å². The Morgan fingerprint density at radius 3 is 2.72 bits per heavy atom. The molecule has 98 valence electrons. The third-order valence-corrected chi connectivity index (χ3v) is 4.11. The van der Waals surface area contributed by atoms with E-state index in [2.05, 4.69) is 33.8 Å². The third-order valence-electron chi connectivity index (χ3n) is 3.24. The van der Waals surface area contributed by atoms with Crippen molar-refractivity contribution in [2.24, 2.45) is 11.7 Å². The molecule has 0 atom stereocenters. The van der Waals surface area contributed by atoms with Crippen molar-refractivity contribution in [3.8, 4) is 0 Å². The minimum Gasteiger partial charge on any atom is -0.389 e. The zero-order valence-corrected chi connectivity index (χ0v) is 13.1. The van der Waals surface area contributed by atoms with E-state index in [1.165, 1.54) is 25.1 Å². The molecule has 2 rings (SSSR count). The van der Waals surface area contributed by atoms with Crippen LogP contribution >= 0.6 is 28.1 Å². The summed E-state index contributed by atoms with van der Waals surface area (Å²) in [7, 11) is 0. The van der Waals surface area contributed by atoms with Crippen molar-refractivity contribution >= 4 is 38.8 Å². The van der Waals surface area contributed by atoms with Gasteiger partial charge in [-0.25, -0.2) is 0 Å². The van der Waals surface area contributed by atoms with E-state index in [0.29, 0.717) is 4.99 Å². The molecule has 0 aliphatic heterocycles. The van der Waals surface area contributed by atoms with Gasteiger partial charge in [0.2, 0.25) is 0 Å². The van der Waals surface area contributed by atoms with Crippen LogP contribution in [0.5, 0.6) is 0 Å². The van der Waals surface area contributed by atoms with Crippen molar-refractivity contribution in [2.75, 3.05) is 18.0 Å². The number of nitrogens with two attached hydrogens (primary N) is 1. The number of halogens is 1. The van der Waals surface area contributed by atoms with Gasteiger partial charge in [-0.1, -0.05) is 19.1 Å². The fourth-order valence-corrected chi connectivity index (χ4v) is 2.87. The van der Waals surface area contributed by atoms with E-state index < -0.39 is 0 Å². The Labute approximate surface area is 123 Å². The topological polar surface area (TPSA) is 29.3 Å². The van der Waals surface area contributed by atoms with Gasteiger partial charge in [-0.2, -0.15) is 0 Å². The van der Waals surface area contributed by atoms with Crippen LogP contribution in [0.25, 0.3) is 0 Å². The number of nitrogens with zero attached hydrogens (tertiary/aromatic N) is 1. The summed E-state index contributed by atoms with van der Waals surface area (Å²) in [6.07, 6.45) is 3.92. The van der Waals surface area contributed by atoms with Crippen molar-refractivity contribution in [1.29, 1.82) is 0 Å². The third kappa shape index (κ3) is 3.45. The standard InChI is InChI=1S/C14H19BrN2S/c1-2-7-17(9-10-3-4-10)13-6-5-11(14(16)18)8-12(13)15/h5-6,8,10H,2-4,7,9H2,1H3,(H2,16,18). The minimum absolute atomic E-state index is 0.450. The molecule has 4 heteroatoms. The molecule has 0 aromatic heterocycles. The fourth-order valence-electron chi connectivity index (χ4n) is 2.11. The first-order chi connectivity index (χ1) is 8.61. The number of rotatable bonds is 6. The molecule has 0 spiro atoms. The summed E-state index contributed by atoms with van der Waals surface area (Å²) in [4.78, 5) is 2.91. The Kier molecular flexibility index (Phi) is 4.62. The molecule has 1 aliphatic carbocycles. The molecule has 1 aromatic carbocycles. The molecule has 2 N–H and O–H groups in total.